The second kappa shape index (κ2) is 6.53. The summed E-state index contributed by atoms with van der Waals surface area (Å²) in [6.07, 6.45) is 3.24. The Hall–Kier alpha value is -2.92. The number of aromatic amines is 1. The van der Waals surface area contributed by atoms with Crippen molar-refractivity contribution < 1.29 is 14.4 Å². The zero-order valence-corrected chi connectivity index (χ0v) is 13.6. The van der Waals surface area contributed by atoms with Gasteiger partial charge in [-0.15, -0.1) is 5.06 Å². The van der Waals surface area contributed by atoms with Gasteiger partial charge < -0.3 is 9.82 Å². The number of para-hydroxylation sites is 1. The van der Waals surface area contributed by atoms with Gasteiger partial charge in [0.2, 0.25) is 0 Å². The molecular weight excluding hydrogens is 316 g/mol. The zero-order valence-electron chi connectivity index (χ0n) is 13.6. The van der Waals surface area contributed by atoms with Gasteiger partial charge in [-0.1, -0.05) is 36.4 Å². The maximum Gasteiger partial charge on any atom is 0.357 e. The van der Waals surface area contributed by atoms with Crippen molar-refractivity contribution in [2.24, 2.45) is 0 Å². The van der Waals surface area contributed by atoms with E-state index in [0.29, 0.717) is 24.1 Å². The van der Waals surface area contributed by atoms with Gasteiger partial charge in [-0.05, 0) is 31.0 Å². The molecule has 0 radical (unpaired) electrons. The number of ketones is 1. The molecule has 1 atom stereocenters. The van der Waals surface area contributed by atoms with Crippen molar-refractivity contribution in [3.8, 4) is 0 Å². The fourth-order valence-corrected chi connectivity index (χ4v) is 3.30. The van der Waals surface area contributed by atoms with Gasteiger partial charge in [0.25, 0.3) is 0 Å². The van der Waals surface area contributed by atoms with Crippen LogP contribution >= 0.6 is 0 Å². The van der Waals surface area contributed by atoms with Gasteiger partial charge >= 0.3 is 5.97 Å². The topological polar surface area (TPSA) is 62.4 Å². The number of rotatable bonds is 4. The Kier molecular flexibility index (Phi) is 4.07. The number of carbonyl (C=O) groups excluding carboxylic acids is 2. The average molecular weight is 334 g/mol. The Labute approximate surface area is 145 Å². The van der Waals surface area contributed by atoms with Crippen LogP contribution in [0.3, 0.4) is 0 Å². The summed E-state index contributed by atoms with van der Waals surface area (Å²) >= 11 is 0. The van der Waals surface area contributed by atoms with Gasteiger partial charge in [0, 0.05) is 29.2 Å². The van der Waals surface area contributed by atoms with E-state index in [1.807, 2.05) is 30.3 Å². The largest absolute Gasteiger partial charge is 0.363 e. The third-order valence-electron chi connectivity index (χ3n) is 4.57. The molecule has 0 saturated carbocycles. The van der Waals surface area contributed by atoms with Crippen LogP contribution in [0.2, 0.25) is 0 Å². The van der Waals surface area contributed by atoms with Crippen LogP contribution in [0.5, 0.6) is 0 Å². The highest BCUT2D eigenvalue weighted by Gasteiger charge is 2.35. The summed E-state index contributed by atoms with van der Waals surface area (Å²) in [7, 11) is 0. The van der Waals surface area contributed by atoms with Crippen molar-refractivity contribution in [1.82, 2.24) is 10.0 Å². The molecule has 3 aromatic rings. The minimum Gasteiger partial charge on any atom is -0.363 e. The monoisotopic (exact) mass is 334 g/mol. The van der Waals surface area contributed by atoms with Crippen LogP contribution in [-0.4, -0.2) is 34.4 Å². The molecule has 2 aromatic carbocycles. The third kappa shape index (κ3) is 2.94. The summed E-state index contributed by atoms with van der Waals surface area (Å²) in [5, 5.41) is 2.42. The molecule has 5 heteroatoms. The second-order valence-electron chi connectivity index (χ2n) is 6.16. The number of fused-ring (bicyclic) bond motifs is 1. The molecule has 0 spiro atoms. The van der Waals surface area contributed by atoms with Crippen molar-refractivity contribution in [3.05, 3.63) is 71.9 Å². The molecule has 1 aliphatic heterocycles. The lowest BCUT2D eigenvalue weighted by molar-refractivity contribution is -0.109. The summed E-state index contributed by atoms with van der Waals surface area (Å²) in [6.45, 7) is 0.567. The zero-order chi connectivity index (χ0) is 17.2. The summed E-state index contributed by atoms with van der Waals surface area (Å²) in [4.78, 5) is 33.9. The van der Waals surface area contributed by atoms with Crippen molar-refractivity contribution >= 4 is 22.7 Å². The van der Waals surface area contributed by atoms with E-state index in [2.05, 4.69) is 4.98 Å². The summed E-state index contributed by atoms with van der Waals surface area (Å²) in [5.74, 6) is -0.449. The molecule has 126 valence electrons. The predicted octanol–water partition coefficient (Wildman–Crippen LogP) is 3.59. The number of hydroxylamine groups is 2. The lowest BCUT2D eigenvalue weighted by Gasteiger charge is -2.22. The maximum atomic E-state index is 13.0. The highest BCUT2D eigenvalue weighted by Crippen LogP contribution is 2.26. The molecule has 25 heavy (non-hydrogen) atoms. The van der Waals surface area contributed by atoms with Crippen LogP contribution in [0.1, 0.15) is 33.6 Å². The number of hydrogen-bond donors (Lipinski definition) is 1. The second-order valence-corrected chi connectivity index (χ2v) is 6.16. The van der Waals surface area contributed by atoms with Crippen LogP contribution in [0, 0.1) is 0 Å². The molecule has 0 bridgehead atoms. The van der Waals surface area contributed by atoms with E-state index < -0.39 is 12.0 Å². The quantitative estimate of drug-likeness (QED) is 0.741. The first-order valence-electron chi connectivity index (χ1n) is 8.38. The average Bonchev–Trinajstić information content (AvgIpc) is 3.29. The molecule has 5 nitrogen and oxygen atoms in total. The van der Waals surface area contributed by atoms with E-state index in [4.69, 9.17) is 4.84 Å². The highest BCUT2D eigenvalue weighted by atomic mass is 16.7. The molecule has 1 aromatic heterocycles. The summed E-state index contributed by atoms with van der Waals surface area (Å²) in [5.41, 5.74) is 2.05. The molecule has 1 aliphatic rings. The lowest BCUT2D eigenvalue weighted by Crippen LogP contribution is -2.37. The van der Waals surface area contributed by atoms with Crippen molar-refractivity contribution in [2.45, 2.75) is 18.9 Å². The number of benzene rings is 2. The number of H-pyrrole nitrogens is 1. The number of carbonyl (C=O) groups is 2. The lowest BCUT2D eigenvalue weighted by atomic mass is 10.0. The van der Waals surface area contributed by atoms with Crippen LogP contribution in [0.4, 0.5) is 0 Å². The Morgan fingerprint density at radius 1 is 1.04 bits per heavy atom. The number of nitrogens with one attached hydrogen (secondary N) is 1. The van der Waals surface area contributed by atoms with E-state index in [1.54, 1.807) is 30.5 Å². The predicted molar refractivity (Wildman–Crippen MR) is 94.2 cm³/mol. The Balaban J connectivity index is 1.55. The van der Waals surface area contributed by atoms with Gasteiger partial charge in [0.15, 0.2) is 5.78 Å². The molecule has 4 rings (SSSR count). The van der Waals surface area contributed by atoms with Crippen LogP contribution in [0.15, 0.2) is 60.8 Å². The third-order valence-corrected chi connectivity index (χ3v) is 4.57. The molecule has 0 amide bonds. The smallest absolute Gasteiger partial charge is 0.357 e. The minimum atomic E-state index is -0.438. The Bertz CT molecular complexity index is 917. The number of hydrogen-bond acceptors (Lipinski definition) is 4. The van der Waals surface area contributed by atoms with Crippen molar-refractivity contribution in [1.29, 1.82) is 0 Å². The molecule has 1 saturated heterocycles. The van der Waals surface area contributed by atoms with E-state index in [1.165, 1.54) is 5.06 Å². The maximum absolute atomic E-state index is 13.0. The van der Waals surface area contributed by atoms with Gasteiger partial charge in [-0.3, -0.25) is 4.79 Å². The van der Waals surface area contributed by atoms with Gasteiger partial charge in [0.05, 0.1) is 5.56 Å². The first-order valence-corrected chi connectivity index (χ1v) is 8.38. The Morgan fingerprint density at radius 2 is 1.80 bits per heavy atom. The molecule has 1 fully saturated rings. The van der Waals surface area contributed by atoms with Gasteiger partial charge in [-0.25, -0.2) is 4.79 Å². The fourth-order valence-electron chi connectivity index (χ4n) is 3.30. The normalized spacial score (nSPS) is 17.7. The fraction of sp³-hybridized carbons (Fsp3) is 0.200. The molecular formula is C20H18N2O3. The molecule has 2 heterocycles. The van der Waals surface area contributed by atoms with Crippen LogP contribution in [-0.2, 0) is 4.84 Å². The van der Waals surface area contributed by atoms with Crippen molar-refractivity contribution in [3.63, 3.8) is 0 Å². The Morgan fingerprint density at radius 3 is 2.64 bits per heavy atom. The van der Waals surface area contributed by atoms with E-state index in [-0.39, 0.29) is 5.78 Å². The SMILES string of the molecule is O=C(ON1CCC[C@@H]1C(=O)c1c[nH]c2ccccc12)c1ccccc1. The number of nitrogens with zero attached hydrogens (tertiary/aromatic N) is 1. The number of aromatic nitrogens is 1. The molecule has 1 N–H and O–H groups in total. The van der Waals surface area contributed by atoms with E-state index >= 15 is 0 Å². The van der Waals surface area contributed by atoms with Crippen LogP contribution < -0.4 is 0 Å². The van der Waals surface area contributed by atoms with Gasteiger partial charge in [0.1, 0.15) is 6.04 Å². The molecule has 0 unspecified atom stereocenters. The van der Waals surface area contributed by atoms with E-state index in [0.717, 1.165) is 17.3 Å². The first kappa shape index (κ1) is 15.6. The first-order chi connectivity index (χ1) is 12.2. The highest BCUT2D eigenvalue weighted by molar-refractivity contribution is 6.10. The van der Waals surface area contributed by atoms with Crippen molar-refractivity contribution in [2.75, 3.05) is 6.54 Å². The number of Topliss-reactive ketones (excluding diaryl/α,β-unsaturated/α-hetero) is 1. The van der Waals surface area contributed by atoms with Crippen LogP contribution in [0.25, 0.3) is 10.9 Å². The standard InChI is InChI=1S/C20H18N2O3/c23-19(16-13-21-17-10-5-4-9-15(16)17)18-11-6-12-22(18)25-20(24)14-7-2-1-3-8-14/h1-5,7-10,13,18,21H,6,11-12H2/t18-/m1/s1. The summed E-state index contributed by atoms with van der Waals surface area (Å²) < 4.78 is 0. The molecule has 0 aliphatic carbocycles. The summed E-state index contributed by atoms with van der Waals surface area (Å²) in [6, 6.07) is 16.1. The van der Waals surface area contributed by atoms with Gasteiger partial charge in [-0.2, -0.15) is 0 Å². The minimum absolute atomic E-state index is 0.0178. The van der Waals surface area contributed by atoms with E-state index in [9.17, 15) is 9.59 Å².